The van der Waals surface area contributed by atoms with Crippen LogP contribution in [0.5, 0.6) is 0 Å². The van der Waals surface area contributed by atoms with E-state index in [0.717, 1.165) is 24.2 Å². The molecule has 1 fully saturated rings. The molecule has 27 heavy (non-hydrogen) atoms. The van der Waals surface area contributed by atoms with E-state index in [-0.39, 0.29) is 30.2 Å². The highest BCUT2D eigenvalue weighted by molar-refractivity contribution is 5.89. The van der Waals surface area contributed by atoms with E-state index in [2.05, 4.69) is 28.8 Å². The highest BCUT2D eigenvalue weighted by Crippen LogP contribution is 2.28. The van der Waals surface area contributed by atoms with Crippen molar-refractivity contribution in [3.8, 4) is 0 Å². The van der Waals surface area contributed by atoms with Gasteiger partial charge in [0, 0.05) is 32.6 Å². The van der Waals surface area contributed by atoms with Crippen LogP contribution in [-0.4, -0.2) is 23.3 Å². The summed E-state index contributed by atoms with van der Waals surface area (Å²) in [5.41, 5.74) is 4.83. The topological polar surface area (TPSA) is 61.4 Å². The zero-order valence-electron chi connectivity index (χ0n) is 15.6. The van der Waals surface area contributed by atoms with Crippen LogP contribution in [0.2, 0.25) is 0 Å². The first-order valence-electron chi connectivity index (χ1n) is 9.55. The number of nitrogens with zero attached hydrogens (tertiary/aromatic N) is 1. The van der Waals surface area contributed by atoms with Crippen molar-refractivity contribution < 1.29 is 9.59 Å². The molecule has 0 radical (unpaired) electrons. The van der Waals surface area contributed by atoms with E-state index >= 15 is 0 Å². The van der Waals surface area contributed by atoms with E-state index in [9.17, 15) is 9.59 Å². The molecule has 0 saturated carbocycles. The molecule has 2 aromatic rings. The van der Waals surface area contributed by atoms with Crippen molar-refractivity contribution in [2.45, 2.75) is 39.0 Å². The number of fused-ring (bicyclic) bond motifs is 1. The molecule has 5 nitrogen and oxygen atoms in total. The molecule has 5 heteroatoms. The zero-order valence-corrected chi connectivity index (χ0v) is 15.6. The third kappa shape index (κ3) is 3.74. The highest BCUT2D eigenvalue weighted by Gasteiger charge is 2.36. The Morgan fingerprint density at radius 2 is 1.96 bits per heavy atom. The summed E-state index contributed by atoms with van der Waals surface area (Å²) in [6.07, 6.45) is 0.289. The molecule has 2 atom stereocenters. The summed E-state index contributed by atoms with van der Waals surface area (Å²) in [5, 5.41) is 6.34. The van der Waals surface area contributed by atoms with Crippen LogP contribution in [0.4, 0.5) is 0 Å². The molecular formula is C22H25N3O2. The van der Waals surface area contributed by atoms with Gasteiger partial charge in [-0.05, 0) is 29.2 Å². The summed E-state index contributed by atoms with van der Waals surface area (Å²) in [6.45, 7) is 4.81. The Morgan fingerprint density at radius 3 is 2.78 bits per heavy atom. The first-order valence-corrected chi connectivity index (χ1v) is 9.55. The maximum Gasteiger partial charge on any atom is 0.225 e. The molecule has 2 aliphatic heterocycles. The van der Waals surface area contributed by atoms with Gasteiger partial charge in [0.05, 0.1) is 12.0 Å². The number of carbonyl (C=O) groups is 2. The van der Waals surface area contributed by atoms with Gasteiger partial charge in [0.2, 0.25) is 11.8 Å². The first-order chi connectivity index (χ1) is 13.1. The second-order valence-corrected chi connectivity index (χ2v) is 7.46. The number of likely N-dealkylation sites (tertiary alicyclic amines) is 1. The molecule has 0 aliphatic carbocycles. The van der Waals surface area contributed by atoms with Gasteiger partial charge in [-0.25, -0.2) is 0 Å². The number of hydrogen-bond acceptors (Lipinski definition) is 3. The van der Waals surface area contributed by atoms with Crippen molar-refractivity contribution in [1.29, 1.82) is 0 Å². The second kappa shape index (κ2) is 7.53. The summed E-state index contributed by atoms with van der Waals surface area (Å²) < 4.78 is 0. The molecule has 1 saturated heterocycles. The Hall–Kier alpha value is -2.66. The molecular weight excluding hydrogens is 338 g/mol. The lowest BCUT2D eigenvalue weighted by molar-refractivity contribution is -0.130. The lowest BCUT2D eigenvalue weighted by atomic mass is 10.1. The fraction of sp³-hybridized carbons (Fsp3) is 0.364. The number of rotatable bonds is 5. The van der Waals surface area contributed by atoms with Gasteiger partial charge in [0.15, 0.2) is 0 Å². The SMILES string of the molecule is CC(c1ccccc1)N1CC(C(=O)NCc2ccc3c(c2)CNC3)CC1=O. The second-order valence-electron chi connectivity index (χ2n) is 7.46. The van der Waals surface area contributed by atoms with Gasteiger partial charge < -0.3 is 15.5 Å². The molecule has 2 unspecified atom stereocenters. The summed E-state index contributed by atoms with van der Waals surface area (Å²) in [7, 11) is 0. The van der Waals surface area contributed by atoms with Crippen LogP contribution < -0.4 is 10.6 Å². The summed E-state index contributed by atoms with van der Waals surface area (Å²) in [4.78, 5) is 26.9. The number of nitrogens with one attached hydrogen (secondary N) is 2. The molecule has 2 aromatic carbocycles. The van der Waals surface area contributed by atoms with Crippen molar-refractivity contribution >= 4 is 11.8 Å². The van der Waals surface area contributed by atoms with Gasteiger partial charge in [-0.15, -0.1) is 0 Å². The van der Waals surface area contributed by atoms with Gasteiger partial charge in [-0.3, -0.25) is 9.59 Å². The van der Waals surface area contributed by atoms with Crippen molar-refractivity contribution in [3.05, 3.63) is 70.8 Å². The Balaban J connectivity index is 1.35. The molecule has 140 valence electrons. The molecule has 0 spiro atoms. The van der Waals surface area contributed by atoms with E-state index in [1.165, 1.54) is 11.1 Å². The Bertz CT molecular complexity index is 850. The maximum absolute atomic E-state index is 12.6. The number of benzene rings is 2. The quantitative estimate of drug-likeness (QED) is 0.858. The smallest absolute Gasteiger partial charge is 0.225 e. The first kappa shape index (κ1) is 17.7. The lowest BCUT2D eigenvalue weighted by Crippen LogP contribution is -2.33. The van der Waals surface area contributed by atoms with Gasteiger partial charge >= 0.3 is 0 Å². The fourth-order valence-electron chi connectivity index (χ4n) is 3.98. The summed E-state index contributed by atoms with van der Waals surface area (Å²) in [6, 6.07) is 16.3. The normalized spacial score (nSPS) is 19.8. The molecule has 2 N–H and O–H groups in total. The van der Waals surface area contributed by atoms with E-state index in [4.69, 9.17) is 0 Å². The van der Waals surface area contributed by atoms with Gasteiger partial charge in [0.25, 0.3) is 0 Å². The van der Waals surface area contributed by atoms with Crippen molar-refractivity contribution in [2.24, 2.45) is 5.92 Å². The number of carbonyl (C=O) groups excluding carboxylic acids is 2. The average molecular weight is 363 g/mol. The Morgan fingerprint density at radius 1 is 1.19 bits per heavy atom. The van der Waals surface area contributed by atoms with Crippen molar-refractivity contribution in [2.75, 3.05) is 6.54 Å². The largest absolute Gasteiger partial charge is 0.352 e. The molecule has 0 bridgehead atoms. The Labute approximate surface area is 159 Å². The van der Waals surface area contributed by atoms with Gasteiger partial charge in [-0.1, -0.05) is 48.5 Å². The van der Waals surface area contributed by atoms with Crippen LogP contribution in [0.1, 0.15) is 41.6 Å². The van der Waals surface area contributed by atoms with E-state index in [0.29, 0.717) is 13.1 Å². The molecule has 2 heterocycles. The number of hydrogen-bond donors (Lipinski definition) is 2. The standard InChI is InChI=1S/C22H25N3O2/c1-15(17-5-3-2-4-6-17)25-14-20(10-21(25)26)22(27)24-11-16-7-8-18-12-23-13-19(18)9-16/h2-9,15,20,23H,10-14H2,1H3,(H,24,27). The minimum Gasteiger partial charge on any atom is -0.352 e. The predicted octanol–water partition coefficient (Wildman–Crippen LogP) is 2.52. The molecule has 0 aromatic heterocycles. The average Bonchev–Trinajstić information content (AvgIpc) is 3.32. The minimum absolute atomic E-state index is 0.0132. The van der Waals surface area contributed by atoms with Crippen LogP contribution in [0.25, 0.3) is 0 Å². The maximum atomic E-state index is 12.6. The zero-order chi connectivity index (χ0) is 18.8. The predicted molar refractivity (Wildman–Crippen MR) is 104 cm³/mol. The fourth-order valence-corrected chi connectivity index (χ4v) is 3.98. The monoisotopic (exact) mass is 363 g/mol. The third-order valence-electron chi connectivity index (χ3n) is 5.65. The molecule has 2 aliphatic rings. The third-order valence-corrected chi connectivity index (χ3v) is 5.65. The van der Waals surface area contributed by atoms with Crippen LogP contribution in [0, 0.1) is 5.92 Å². The number of amides is 2. The van der Waals surface area contributed by atoms with Gasteiger partial charge in [0.1, 0.15) is 0 Å². The van der Waals surface area contributed by atoms with Gasteiger partial charge in [-0.2, -0.15) is 0 Å². The highest BCUT2D eigenvalue weighted by atomic mass is 16.2. The van der Waals surface area contributed by atoms with E-state index in [1.807, 2.05) is 42.2 Å². The lowest BCUT2D eigenvalue weighted by Gasteiger charge is -2.25. The Kier molecular flexibility index (Phi) is 4.94. The molecule has 4 rings (SSSR count). The summed E-state index contributed by atoms with van der Waals surface area (Å²) in [5.74, 6) is -0.264. The van der Waals surface area contributed by atoms with Crippen molar-refractivity contribution in [1.82, 2.24) is 15.5 Å². The van der Waals surface area contributed by atoms with Crippen molar-refractivity contribution in [3.63, 3.8) is 0 Å². The molecule has 2 amide bonds. The van der Waals surface area contributed by atoms with E-state index < -0.39 is 0 Å². The minimum atomic E-state index is -0.278. The van der Waals surface area contributed by atoms with Crippen LogP contribution in [0.3, 0.4) is 0 Å². The van der Waals surface area contributed by atoms with Crippen LogP contribution in [-0.2, 0) is 29.2 Å². The summed E-state index contributed by atoms with van der Waals surface area (Å²) >= 11 is 0. The van der Waals surface area contributed by atoms with Crippen LogP contribution in [0.15, 0.2) is 48.5 Å². The van der Waals surface area contributed by atoms with Crippen LogP contribution >= 0.6 is 0 Å². The van der Waals surface area contributed by atoms with E-state index in [1.54, 1.807) is 0 Å².